The van der Waals surface area contributed by atoms with Gasteiger partial charge in [-0.15, -0.1) is 11.8 Å². The number of aryl methyl sites for hydroxylation is 1. The van der Waals surface area contributed by atoms with Crippen molar-refractivity contribution in [3.8, 4) is 0 Å². The largest absolute Gasteiger partial charge is 0.347 e. The molecular formula is C19H18BrN3O3S. The Kier molecular flexibility index (Phi) is 6.18. The second kappa shape index (κ2) is 8.58. The summed E-state index contributed by atoms with van der Waals surface area (Å²) in [7, 11) is 0. The van der Waals surface area contributed by atoms with Crippen molar-refractivity contribution in [2.24, 2.45) is 0 Å². The number of fused-ring (bicyclic) bond motifs is 1. The van der Waals surface area contributed by atoms with Crippen LogP contribution in [0.1, 0.15) is 12.0 Å². The first-order chi connectivity index (χ1) is 12.9. The fourth-order valence-electron chi connectivity index (χ4n) is 2.61. The lowest BCUT2D eigenvalue weighted by Crippen LogP contribution is -2.37. The van der Waals surface area contributed by atoms with Gasteiger partial charge in [-0.3, -0.25) is 14.4 Å². The van der Waals surface area contributed by atoms with Crippen molar-refractivity contribution in [2.75, 3.05) is 17.2 Å². The SMILES string of the molecule is Cc1cc(Br)ccc1NC(=O)CNC(=O)CC1Sc2ccccc2NC1=O. The Morgan fingerprint density at radius 1 is 1.19 bits per heavy atom. The molecule has 0 saturated heterocycles. The Bertz CT molecular complexity index is 904. The quantitative estimate of drug-likeness (QED) is 0.655. The number of amides is 3. The molecule has 1 aliphatic rings. The van der Waals surface area contributed by atoms with E-state index in [4.69, 9.17) is 0 Å². The average Bonchev–Trinajstić information content (AvgIpc) is 2.63. The minimum atomic E-state index is -0.517. The fraction of sp³-hybridized carbons (Fsp3) is 0.211. The molecule has 0 spiro atoms. The number of nitrogens with one attached hydrogen (secondary N) is 3. The average molecular weight is 448 g/mol. The lowest BCUT2D eigenvalue weighted by molar-refractivity contribution is -0.125. The third-order valence-electron chi connectivity index (χ3n) is 3.99. The van der Waals surface area contributed by atoms with E-state index >= 15 is 0 Å². The van der Waals surface area contributed by atoms with Crippen LogP contribution in [-0.2, 0) is 14.4 Å². The molecule has 0 fully saturated rings. The monoisotopic (exact) mass is 447 g/mol. The number of carbonyl (C=O) groups excluding carboxylic acids is 3. The summed E-state index contributed by atoms with van der Waals surface area (Å²) in [5, 5.41) is 7.61. The summed E-state index contributed by atoms with van der Waals surface area (Å²) in [6.45, 7) is 1.74. The Balaban J connectivity index is 1.49. The predicted molar refractivity (Wildman–Crippen MR) is 110 cm³/mol. The first kappa shape index (κ1) is 19.4. The third kappa shape index (κ3) is 5.11. The maximum atomic E-state index is 12.1. The Labute approximate surface area is 169 Å². The molecule has 0 radical (unpaired) electrons. The van der Waals surface area contributed by atoms with Gasteiger partial charge in [0.05, 0.1) is 17.5 Å². The highest BCUT2D eigenvalue weighted by Gasteiger charge is 2.28. The topological polar surface area (TPSA) is 87.3 Å². The van der Waals surface area contributed by atoms with Crippen LogP contribution >= 0.6 is 27.7 Å². The maximum Gasteiger partial charge on any atom is 0.243 e. The van der Waals surface area contributed by atoms with Crippen LogP contribution in [0.15, 0.2) is 51.8 Å². The maximum absolute atomic E-state index is 12.1. The molecule has 8 heteroatoms. The van der Waals surface area contributed by atoms with Gasteiger partial charge in [0.25, 0.3) is 0 Å². The standard InChI is InChI=1S/C19H18BrN3O3S/c1-11-8-12(20)6-7-13(11)22-18(25)10-21-17(24)9-16-19(26)23-14-4-2-3-5-15(14)27-16/h2-8,16H,9-10H2,1H3,(H,21,24)(H,22,25)(H,23,26). The third-order valence-corrected chi connectivity index (χ3v) is 5.75. The Morgan fingerprint density at radius 2 is 1.96 bits per heavy atom. The van der Waals surface area contributed by atoms with Gasteiger partial charge in [0.2, 0.25) is 17.7 Å². The number of thioether (sulfide) groups is 1. The summed E-state index contributed by atoms with van der Waals surface area (Å²) < 4.78 is 0.927. The summed E-state index contributed by atoms with van der Waals surface area (Å²) >= 11 is 4.73. The molecule has 2 aromatic carbocycles. The second-order valence-electron chi connectivity index (χ2n) is 6.08. The minimum absolute atomic E-state index is 0.00935. The summed E-state index contributed by atoms with van der Waals surface area (Å²) in [6, 6.07) is 13.0. The normalized spacial score (nSPS) is 15.5. The van der Waals surface area contributed by atoms with Gasteiger partial charge in [-0.2, -0.15) is 0 Å². The van der Waals surface area contributed by atoms with Gasteiger partial charge < -0.3 is 16.0 Å². The first-order valence-electron chi connectivity index (χ1n) is 8.31. The van der Waals surface area contributed by atoms with E-state index in [0.717, 1.165) is 20.6 Å². The van der Waals surface area contributed by atoms with Crippen molar-refractivity contribution in [1.29, 1.82) is 0 Å². The summed E-state index contributed by atoms with van der Waals surface area (Å²) in [5.74, 6) is -0.867. The molecule has 1 aliphatic heterocycles. The van der Waals surface area contributed by atoms with E-state index in [9.17, 15) is 14.4 Å². The molecule has 3 amide bonds. The molecule has 1 unspecified atom stereocenters. The molecule has 140 valence electrons. The van der Waals surface area contributed by atoms with E-state index in [1.165, 1.54) is 11.8 Å². The van der Waals surface area contributed by atoms with Gasteiger partial charge >= 0.3 is 0 Å². The molecule has 27 heavy (non-hydrogen) atoms. The van der Waals surface area contributed by atoms with E-state index in [2.05, 4.69) is 31.9 Å². The zero-order valence-corrected chi connectivity index (χ0v) is 16.9. The number of para-hydroxylation sites is 1. The van der Waals surface area contributed by atoms with E-state index in [-0.39, 0.29) is 30.7 Å². The lowest BCUT2D eigenvalue weighted by Gasteiger charge is -2.23. The van der Waals surface area contributed by atoms with Crippen LogP contribution in [0.25, 0.3) is 0 Å². The number of rotatable bonds is 5. The molecule has 6 nitrogen and oxygen atoms in total. The van der Waals surface area contributed by atoms with Gasteiger partial charge in [0, 0.05) is 21.5 Å². The van der Waals surface area contributed by atoms with Crippen molar-refractivity contribution in [3.05, 3.63) is 52.5 Å². The van der Waals surface area contributed by atoms with Crippen molar-refractivity contribution in [3.63, 3.8) is 0 Å². The molecule has 0 saturated carbocycles. The van der Waals surface area contributed by atoms with Crippen molar-refractivity contribution < 1.29 is 14.4 Å². The molecule has 3 N–H and O–H groups in total. The first-order valence-corrected chi connectivity index (χ1v) is 9.99. The van der Waals surface area contributed by atoms with E-state index < -0.39 is 5.25 Å². The molecule has 3 rings (SSSR count). The van der Waals surface area contributed by atoms with Crippen LogP contribution in [-0.4, -0.2) is 29.5 Å². The molecule has 2 aromatic rings. The molecule has 1 heterocycles. The van der Waals surface area contributed by atoms with Gasteiger partial charge in [0.15, 0.2) is 0 Å². The lowest BCUT2D eigenvalue weighted by atomic mass is 10.2. The molecule has 0 aliphatic carbocycles. The number of carbonyl (C=O) groups is 3. The van der Waals surface area contributed by atoms with E-state index in [1.54, 1.807) is 6.07 Å². The van der Waals surface area contributed by atoms with Crippen LogP contribution in [0.4, 0.5) is 11.4 Å². The number of anilines is 2. The Morgan fingerprint density at radius 3 is 2.74 bits per heavy atom. The van der Waals surface area contributed by atoms with Gasteiger partial charge in [-0.25, -0.2) is 0 Å². The fourth-order valence-corrected chi connectivity index (χ4v) is 4.19. The number of hydrogen-bond donors (Lipinski definition) is 3. The number of halogens is 1. The van der Waals surface area contributed by atoms with Crippen molar-refractivity contribution in [2.45, 2.75) is 23.5 Å². The van der Waals surface area contributed by atoms with E-state index in [1.807, 2.05) is 43.3 Å². The molecule has 1 atom stereocenters. The number of benzene rings is 2. The molecular weight excluding hydrogens is 430 g/mol. The highest BCUT2D eigenvalue weighted by atomic mass is 79.9. The van der Waals surface area contributed by atoms with Gasteiger partial charge in [-0.1, -0.05) is 28.1 Å². The predicted octanol–water partition coefficient (Wildman–Crippen LogP) is 3.32. The summed E-state index contributed by atoms with van der Waals surface area (Å²) in [6.07, 6.45) is 0.00935. The zero-order chi connectivity index (χ0) is 19.4. The molecule has 0 aromatic heterocycles. The minimum Gasteiger partial charge on any atom is -0.347 e. The van der Waals surface area contributed by atoms with E-state index in [0.29, 0.717) is 5.69 Å². The number of hydrogen-bond acceptors (Lipinski definition) is 4. The van der Waals surface area contributed by atoms with Crippen LogP contribution < -0.4 is 16.0 Å². The van der Waals surface area contributed by atoms with Gasteiger partial charge in [0.1, 0.15) is 0 Å². The Hall–Kier alpha value is -2.32. The van der Waals surface area contributed by atoms with Crippen LogP contribution in [0.5, 0.6) is 0 Å². The summed E-state index contributed by atoms with van der Waals surface area (Å²) in [4.78, 5) is 37.3. The van der Waals surface area contributed by atoms with Crippen LogP contribution in [0, 0.1) is 6.92 Å². The zero-order valence-electron chi connectivity index (χ0n) is 14.5. The molecule has 0 bridgehead atoms. The van der Waals surface area contributed by atoms with Crippen molar-refractivity contribution >= 4 is 56.8 Å². The summed E-state index contributed by atoms with van der Waals surface area (Å²) in [5.41, 5.74) is 2.36. The van der Waals surface area contributed by atoms with Crippen LogP contribution in [0.2, 0.25) is 0 Å². The van der Waals surface area contributed by atoms with Crippen molar-refractivity contribution in [1.82, 2.24) is 5.32 Å². The highest BCUT2D eigenvalue weighted by Crippen LogP contribution is 2.36. The second-order valence-corrected chi connectivity index (χ2v) is 8.24. The smallest absolute Gasteiger partial charge is 0.243 e. The highest BCUT2D eigenvalue weighted by molar-refractivity contribution is 9.10. The van der Waals surface area contributed by atoms with Crippen LogP contribution in [0.3, 0.4) is 0 Å². The van der Waals surface area contributed by atoms with Gasteiger partial charge in [-0.05, 0) is 42.8 Å².